The van der Waals surface area contributed by atoms with Gasteiger partial charge in [0.2, 0.25) is 5.60 Å². The Morgan fingerprint density at radius 2 is 1.88 bits per heavy atom. The summed E-state index contributed by atoms with van der Waals surface area (Å²) in [6.45, 7) is 3.94. The van der Waals surface area contributed by atoms with Gasteiger partial charge in [-0.25, -0.2) is 14.8 Å². The van der Waals surface area contributed by atoms with E-state index < -0.39 is 63.8 Å². The third kappa shape index (κ3) is 8.42. The number of β-lactam (4-membered cyclic amide) rings is 1. The Hall–Kier alpha value is -5.69. The van der Waals surface area contributed by atoms with Crippen LogP contribution in [-0.2, 0) is 30.6 Å². The van der Waals surface area contributed by atoms with E-state index in [1.165, 1.54) is 53.3 Å². The largest absolute Gasteiger partial charge is 0.504 e. The summed E-state index contributed by atoms with van der Waals surface area (Å²) in [4.78, 5) is 84.1. The number of halogens is 1. The number of aryl methyl sites for hydroxylation is 1. The number of aliphatic hydroxyl groups is 1. The number of hydrogen-bond donors (Lipinski definition) is 8. The van der Waals surface area contributed by atoms with Crippen molar-refractivity contribution in [1.82, 2.24) is 45.6 Å². The Labute approximate surface area is 334 Å². The summed E-state index contributed by atoms with van der Waals surface area (Å²) in [6.07, 6.45) is 0. The molecule has 0 aliphatic carbocycles. The average molecular weight is 850 g/mol. The normalized spacial score (nSPS) is 16.8. The van der Waals surface area contributed by atoms with Crippen LogP contribution in [0.1, 0.15) is 41.4 Å². The van der Waals surface area contributed by atoms with Crippen molar-refractivity contribution in [3.63, 3.8) is 0 Å². The van der Waals surface area contributed by atoms with E-state index in [2.05, 4.69) is 41.4 Å². The summed E-state index contributed by atoms with van der Waals surface area (Å²) in [6, 6.07) is 3.85. The van der Waals surface area contributed by atoms with E-state index in [-0.39, 0.29) is 64.2 Å². The van der Waals surface area contributed by atoms with Crippen molar-refractivity contribution in [1.29, 1.82) is 0 Å². The van der Waals surface area contributed by atoms with Gasteiger partial charge in [0, 0.05) is 28.1 Å². The number of phenols is 2. The highest BCUT2D eigenvalue weighted by molar-refractivity contribution is 8.01. The van der Waals surface area contributed by atoms with Gasteiger partial charge in [-0.15, -0.1) is 52.4 Å². The lowest BCUT2D eigenvalue weighted by molar-refractivity contribution is -0.150. The molecule has 0 bridgehead atoms. The van der Waals surface area contributed by atoms with E-state index in [9.17, 15) is 44.4 Å². The number of fused-ring (bicyclic) bond motifs is 2. The number of aliphatic hydroxyl groups excluding tert-OH is 1. The Kier molecular flexibility index (Phi) is 12.3. The first-order valence-corrected chi connectivity index (χ1v) is 18.8. The molecular weight excluding hydrogens is 818 g/mol. The highest BCUT2D eigenvalue weighted by Gasteiger charge is 2.54. The van der Waals surface area contributed by atoms with Crippen molar-refractivity contribution in [2.45, 2.75) is 49.4 Å². The lowest BCUT2D eigenvalue weighted by Gasteiger charge is -2.49. The number of anilines is 1. The minimum absolute atomic E-state index is 0. The van der Waals surface area contributed by atoms with Crippen LogP contribution in [0.25, 0.3) is 5.78 Å². The number of carboxylic acid groups (broad SMARTS) is 1. The van der Waals surface area contributed by atoms with Crippen molar-refractivity contribution < 1.29 is 49.2 Å². The van der Waals surface area contributed by atoms with E-state index in [4.69, 9.17) is 10.6 Å². The van der Waals surface area contributed by atoms with Crippen LogP contribution in [0.2, 0.25) is 0 Å². The van der Waals surface area contributed by atoms with Crippen molar-refractivity contribution in [3.05, 3.63) is 63.7 Å². The van der Waals surface area contributed by atoms with Crippen LogP contribution < -0.4 is 21.9 Å². The van der Waals surface area contributed by atoms with E-state index in [1.54, 1.807) is 13.0 Å². The number of aromatic nitrogens is 5. The topological polar surface area (TPSA) is 309 Å². The summed E-state index contributed by atoms with van der Waals surface area (Å²) < 4.78 is 1.44. The summed E-state index contributed by atoms with van der Waals surface area (Å²) in [5.41, 5.74) is 8.56. The SMILES string of the molecule is Cc1cc(SCC2=C(C(=O)O)N3C(=O)C(NC(=O)C(=NOC(C)(C)C(=O)NNC(=O)c4ccc(O)c(O)c4)c4csc(N)n4)[C@H]3SC2)n2nc(CO)nc2n1.Cl. The summed E-state index contributed by atoms with van der Waals surface area (Å²) >= 11 is 3.48. The second-order valence-corrected chi connectivity index (χ2v) is 15.3. The molecule has 0 radical (unpaired) electrons. The van der Waals surface area contributed by atoms with Gasteiger partial charge in [-0.2, -0.15) is 9.50 Å². The molecule has 9 N–H and O–H groups in total. The van der Waals surface area contributed by atoms with Crippen LogP contribution in [0.5, 0.6) is 11.5 Å². The van der Waals surface area contributed by atoms with Gasteiger partial charge in [0.1, 0.15) is 34.4 Å². The molecule has 296 valence electrons. The van der Waals surface area contributed by atoms with Gasteiger partial charge >= 0.3 is 5.97 Å². The average Bonchev–Trinajstić information content (AvgIpc) is 3.77. The monoisotopic (exact) mass is 849 g/mol. The maximum atomic E-state index is 13.6. The van der Waals surface area contributed by atoms with Crippen molar-refractivity contribution in [2.75, 3.05) is 17.2 Å². The predicted octanol–water partition coefficient (Wildman–Crippen LogP) is 0.288. The molecule has 1 unspecified atom stereocenters. The van der Waals surface area contributed by atoms with Crippen LogP contribution in [0.3, 0.4) is 0 Å². The zero-order valence-corrected chi connectivity index (χ0v) is 32.5. The molecular formula is C31H32ClN11O10S3. The quantitative estimate of drug-likeness (QED) is 0.0237. The number of hydrazine groups is 1. The lowest BCUT2D eigenvalue weighted by Crippen LogP contribution is -2.71. The molecule has 3 aromatic heterocycles. The number of hydrogen-bond acceptors (Lipinski definition) is 18. The number of nitrogen functional groups attached to an aromatic ring is 1. The van der Waals surface area contributed by atoms with Gasteiger partial charge in [-0.3, -0.25) is 34.9 Å². The van der Waals surface area contributed by atoms with Gasteiger partial charge in [0.15, 0.2) is 28.2 Å². The third-order valence-corrected chi connectivity index (χ3v) is 11.0. The van der Waals surface area contributed by atoms with Crippen LogP contribution in [0.15, 0.2) is 51.1 Å². The number of carboxylic acids is 1. The highest BCUT2D eigenvalue weighted by atomic mass is 35.5. The first kappa shape index (κ1) is 41.5. The van der Waals surface area contributed by atoms with E-state index in [1.807, 2.05) is 0 Å². The Balaban J connectivity index is 0.00000600. The molecule has 0 saturated carbocycles. The number of amides is 4. The number of aliphatic carboxylic acids is 1. The first-order chi connectivity index (χ1) is 26.1. The zero-order valence-electron chi connectivity index (χ0n) is 29.2. The molecule has 5 heterocycles. The summed E-state index contributed by atoms with van der Waals surface area (Å²) in [5.74, 6) is -4.86. The number of carbonyl (C=O) groups is 5. The standard InChI is InChI=1S/C31H31N11O10S3.ClH/c1-12-6-19(42-30(33-12)35-18(8-43)39-42)53-9-14-10-54-26-21(25(48)41(26)22(14)27(49)50)36-24(47)20(15-11-55-29(32)34-15)40-52-31(2,3)28(51)38-37-23(46)13-4-5-16(44)17(45)7-13;/h4-7,11,21,26,43-45H,8-10H2,1-3H3,(H2,32,34)(H,36,47)(H,37,46)(H,38,51)(H,49,50);1H/t21?,26-;/m1./s1. The molecule has 2 atom stereocenters. The number of aromatic hydroxyl groups is 2. The maximum absolute atomic E-state index is 13.6. The molecule has 2 aliphatic heterocycles. The molecule has 2 aliphatic rings. The number of nitrogens with two attached hydrogens (primary N) is 1. The third-order valence-electron chi connectivity index (χ3n) is 7.94. The summed E-state index contributed by atoms with van der Waals surface area (Å²) in [5, 5.41) is 50.7. The zero-order chi connectivity index (χ0) is 39.8. The molecule has 1 aromatic carbocycles. The summed E-state index contributed by atoms with van der Waals surface area (Å²) in [7, 11) is 0. The fourth-order valence-electron chi connectivity index (χ4n) is 5.13. The van der Waals surface area contributed by atoms with Crippen molar-refractivity contribution in [3.8, 4) is 11.5 Å². The number of rotatable bonds is 12. The van der Waals surface area contributed by atoms with Gasteiger partial charge in [0.25, 0.3) is 29.4 Å². The van der Waals surface area contributed by atoms with E-state index in [0.29, 0.717) is 16.3 Å². The van der Waals surface area contributed by atoms with Gasteiger partial charge in [-0.05, 0) is 50.6 Å². The number of thioether (sulfide) groups is 2. The van der Waals surface area contributed by atoms with Crippen LogP contribution in [0, 0.1) is 6.92 Å². The Morgan fingerprint density at radius 3 is 2.54 bits per heavy atom. The van der Waals surface area contributed by atoms with Gasteiger partial charge in [-0.1, -0.05) is 5.16 Å². The van der Waals surface area contributed by atoms with Crippen LogP contribution >= 0.6 is 47.3 Å². The maximum Gasteiger partial charge on any atom is 0.352 e. The molecule has 4 amide bonds. The number of nitrogens with zero attached hydrogens (tertiary/aromatic N) is 7. The molecule has 25 heteroatoms. The molecule has 4 aromatic rings. The molecule has 21 nitrogen and oxygen atoms in total. The predicted molar refractivity (Wildman–Crippen MR) is 203 cm³/mol. The molecule has 1 fully saturated rings. The molecule has 0 spiro atoms. The number of carbonyl (C=O) groups excluding carboxylic acids is 4. The number of nitrogens with one attached hydrogen (secondary N) is 3. The molecule has 6 rings (SSSR count). The second kappa shape index (κ2) is 16.6. The van der Waals surface area contributed by atoms with E-state index >= 15 is 0 Å². The fraction of sp³-hybridized carbons (Fsp3) is 0.290. The second-order valence-electron chi connectivity index (χ2n) is 12.3. The Morgan fingerprint density at radius 1 is 1.12 bits per heavy atom. The Bertz CT molecular complexity index is 2310. The van der Waals surface area contributed by atoms with Crippen LogP contribution in [-0.4, -0.2) is 114 Å². The highest BCUT2D eigenvalue weighted by Crippen LogP contribution is 2.41. The van der Waals surface area contributed by atoms with Crippen molar-refractivity contribution in [2.24, 2.45) is 5.16 Å². The molecule has 56 heavy (non-hydrogen) atoms. The van der Waals surface area contributed by atoms with Crippen LogP contribution in [0.4, 0.5) is 5.13 Å². The molecule has 1 saturated heterocycles. The lowest BCUT2D eigenvalue weighted by atomic mass is 10.0. The van der Waals surface area contributed by atoms with Gasteiger partial charge < -0.3 is 36.3 Å². The van der Waals surface area contributed by atoms with E-state index in [0.717, 1.165) is 28.4 Å². The van der Waals surface area contributed by atoms with Gasteiger partial charge in [0.05, 0.1) is 0 Å². The fourth-order valence-corrected chi connectivity index (χ4v) is 8.22. The number of oxime groups is 1. The number of phenolic OH excluding ortho intramolecular Hbond substituents is 2. The minimum atomic E-state index is -1.81. The minimum Gasteiger partial charge on any atom is -0.504 e. The first-order valence-electron chi connectivity index (χ1n) is 15.9. The smallest absolute Gasteiger partial charge is 0.352 e. The number of thiazole rings is 1. The number of benzene rings is 1. The van der Waals surface area contributed by atoms with Crippen molar-refractivity contribution >= 4 is 93.5 Å².